The molecule has 0 aromatic carbocycles. The predicted octanol–water partition coefficient (Wildman–Crippen LogP) is -2.34. The average molecular weight is 201 g/mol. The van der Waals surface area contributed by atoms with Crippen LogP contribution in [0, 0.1) is 0 Å². The zero-order valence-electron chi connectivity index (χ0n) is 6.34. The van der Waals surface area contributed by atoms with Crippen LogP contribution in [0.25, 0.3) is 0 Å². The quantitative estimate of drug-likeness (QED) is 0.320. The minimum Gasteiger partial charge on any atom is -0.395 e. The maximum atomic E-state index is 9.07. The van der Waals surface area contributed by atoms with E-state index in [0.717, 1.165) is 0 Å². The minimum atomic E-state index is -1.55. The van der Waals surface area contributed by atoms with Gasteiger partial charge in [-0.05, 0) is 0 Å². The van der Waals surface area contributed by atoms with E-state index in [9.17, 15) is 0 Å². The average Bonchev–Trinajstić information content (AvgIpc) is 2.12. The molecular weight excluding hydrogens is 188 g/mol. The Morgan fingerprint density at radius 3 is 1.75 bits per heavy atom. The third-order valence-electron chi connectivity index (χ3n) is 1.48. The fraction of sp³-hybridized carbons (Fsp3) is 1.00. The summed E-state index contributed by atoms with van der Waals surface area (Å²) < 4.78 is 0. The Morgan fingerprint density at radius 1 is 0.917 bits per heavy atom. The Bertz CT molecular complexity index is 109. The molecular formula is C6H13ClO5. The maximum Gasteiger partial charge on any atom is 0.109 e. The summed E-state index contributed by atoms with van der Waals surface area (Å²) in [4.78, 5) is 0. The maximum absolute atomic E-state index is 9.07. The highest BCUT2D eigenvalue weighted by molar-refractivity contribution is 6.21. The van der Waals surface area contributed by atoms with Crippen LogP contribution in [-0.2, 0) is 0 Å². The van der Waals surface area contributed by atoms with Crippen LogP contribution in [0.2, 0.25) is 0 Å². The molecule has 0 rings (SSSR count). The van der Waals surface area contributed by atoms with Crippen LogP contribution in [0.1, 0.15) is 0 Å². The van der Waals surface area contributed by atoms with Gasteiger partial charge in [0.05, 0.1) is 18.6 Å². The molecule has 0 aromatic heterocycles. The molecule has 74 valence electrons. The molecule has 4 atom stereocenters. The lowest BCUT2D eigenvalue weighted by molar-refractivity contribution is -0.0798. The minimum absolute atomic E-state index is 0.516. The van der Waals surface area contributed by atoms with Crippen LogP contribution < -0.4 is 0 Å². The molecule has 0 aliphatic rings. The summed E-state index contributed by atoms with van der Waals surface area (Å²) in [5.41, 5.74) is 0. The molecule has 0 radical (unpaired) electrons. The van der Waals surface area contributed by atoms with E-state index < -0.39 is 36.9 Å². The van der Waals surface area contributed by atoms with Gasteiger partial charge in [0.2, 0.25) is 0 Å². The van der Waals surface area contributed by atoms with Gasteiger partial charge in [-0.3, -0.25) is 0 Å². The molecule has 0 aliphatic carbocycles. The Labute approximate surface area is 74.8 Å². The number of alkyl halides is 1. The van der Waals surface area contributed by atoms with Crippen molar-refractivity contribution in [1.82, 2.24) is 0 Å². The second-order valence-corrected chi connectivity index (χ2v) is 2.99. The summed E-state index contributed by atoms with van der Waals surface area (Å²) in [7, 11) is 0. The molecule has 0 bridgehead atoms. The van der Waals surface area contributed by atoms with Gasteiger partial charge in [-0.15, -0.1) is 11.6 Å². The lowest BCUT2D eigenvalue weighted by Crippen LogP contribution is -2.45. The van der Waals surface area contributed by atoms with E-state index in [4.69, 9.17) is 37.1 Å². The lowest BCUT2D eigenvalue weighted by atomic mass is 10.1. The summed E-state index contributed by atoms with van der Waals surface area (Å²) in [5.74, 6) is 0. The van der Waals surface area contributed by atoms with Crippen LogP contribution in [-0.4, -0.2) is 62.4 Å². The normalized spacial score (nSPS) is 21.5. The van der Waals surface area contributed by atoms with Crippen molar-refractivity contribution >= 4 is 11.6 Å². The van der Waals surface area contributed by atoms with Crippen molar-refractivity contribution in [3.05, 3.63) is 0 Å². The number of rotatable bonds is 5. The van der Waals surface area contributed by atoms with E-state index in [-0.39, 0.29) is 0 Å². The van der Waals surface area contributed by atoms with Gasteiger partial charge in [0.25, 0.3) is 0 Å². The fourth-order valence-electron chi connectivity index (χ4n) is 0.658. The van der Waals surface area contributed by atoms with Crippen LogP contribution in [0.3, 0.4) is 0 Å². The van der Waals surface area contributed by atoms with Gasteiger partial charge >= 0.3 is 0 Å². The highest BCUT2D eigenvalue weighted by Crippen LogP contribution is 2.09. The Balaban J connectivity index is 3.99. The standard InChI is InChI=1S/C6H13ClO5/c7-3(1-8)5(11)6(12)4(10)2-9/h3-6,8-12H,1-2H2/t3-,4-,5-,6-/m1/s1. The first kappa shape index (κ1) is 12.1. The molecule has 0 fully saturated rings. The van der Waals surface area contributed by atoms with Crippen molar-refractivity contribution in [2.45, 2.75) is 23.7 Å². The monoisotopic (exact) mass is 200 g/mol. The van der Waals surface area contributed by atoms with Gasteiger partial charge in [-0.2, -0.15) is 0 Å². The van der Waals surface area contributed by atoms with Gasteiger partial charge in [0.15, 0.2) is 0 Å². The Kier molecular flexibility index (Phi) is 5.73. The van der Waals surface area contributed by atoms with Crippen molar-refractivity contribution in [2.24, 2.45) is 0 Å². The number of hydrogen-bond acceptors (Lipinski definition) is 5. The van der Waals surface area contributed by atoms with Gasteiger partial charge in [0.1, 0.15) is 18.3 Å². The number of hydrogen-bond donors (Lipinski definition) is 5. The summed E-state index contributed by atoms with van der Waals surface area (Å²) in [6.07, 6.45) is -4.46. The predicted molar refractivity (Wildman–Crippen MR) is 41.8 cm³/mol. The smallest absolute Gasteiger partial charge is 0.109 e. The third kappa shape index (κ3) is 3.22. The van der Waals surface area contributed by atoms with Crippen molar-refractivity contribution in [3.8, 4) is 0 Å². The van der Waals surface area contributed by atoms with E-state index in [1.54, 1.807) is 0 Å². The molecule has 0 saturated heterocycles. The van der Waals surface area contributed by atoms with E-state index >= 15 is 0 Å². The van der Waals surface area contributed by atoms with Gasteiger partial charge in [0, 0.05) is 0 Å². The van der Waals surface area contributed by atoms with Crippen molar-refractivity contribution in [1.29, 1.82) is 0 Å². The van der Waals surface area contributed by atoms with Crippen molar-refractivity contribution in [3.63, 3.8) is 0 Å². The zero-order chi connectivity index (χ0) is 9.72. The molecule has 6 heteroatoms. The molecule has 0 heterocycles. The van der Waals surface area contributed by atoms with Gasteiger partial charge in [-0.1, -0.05) is 0 Å². The van der Waals surface area contributed by atoms with Crippen LogP contribution in [0.5, 0.6) is 0 Å². The van der Waals surface area contributed by atoms with Gasteiger partial charge in [-0.25, -0.2) is 0 Å². The summed E-state index contributed by atoms with van der Waals surface area (Å²) in [6, 6.07) is 0. The molecule has 0 amide bonds. The molecule has 0 aromatic rings. The van der Waals surface area contributed by atoms with E-state index in [2.05, 4.69) is 0 Å². The largest absolute Gasteiger partial charge is 0.395 e. The first-order valence-electron chi connectivity index (χ1n) is 3.44. The van der Waals surface area contributed by atoms with Crippen LogP contribution in [0.4, 0.5) is 0 Å². The number of aliphatic hydroxyl groups is 5. The first-order valence-corrected chi connectivity index (χ1v) is 3.88. The summed E-state index contributed by atoms with van der Waals surface area (Å²) >= 11 is 5.36. The molecule has 0 unspecified atom stereocenters. The molecule has 0 saturated carbocycles. The molecule has 0 aliphatic heterocycles. The second kappa shape index (κ2) is 5.69. The topological polar surface area (TPSA) is 101 Å². The van der Waals surface area contributed by atoms with Crippen LogP contribution in [0.15, 0.2) is 0 Å². The first-order chi connectivity index (χ1) is 5.54. The number of halogens is 1. The highest BCUT2D eigenvalue weighted by Gasteiger charge is 2.29. The zero-order valence-corrected chi connectivity index (χ0v) is 7.09. The summed E-state index contributed by atoms with van der Waals surface area (Å²) in [6.45, 7) is -1.19. The third-order valence-corrected chi connectivity index (χ3v) is 1.87. The van der Waals surface area contributed by atoms with Gasteiger partial charge < -0.3 is 25.5 Å². The van der Waals surface area contributed by atoms with Crippen molar-refractivity contribution < 1.29 is 25.5 Å². The summed E-state index contributed by atoms with van der Waals surface area (Å²) in [5, 5.41) is 42.7. The molecule has 12 heavy (non-hydrogen) atoms. The number of aliphatic hydroxyl groups excluding tert-OH is 5. The van der Waals surface area contributed by atoms with Crippen molar-refractivity contribution in [2.75, 3.05) is 13.2 Å². The highest BCUT2D eigenvalue weighted by atomic mass is 35.5. The van der Waals surface area contributed by atoms with E-state index in [1.807, 2.05) is 0 Å². The lowest BCUT2D eigenvalue weighted by Gasteiger charge is -2.23. The van der Waals surface area contributed by atoms with E-state index in [0.29, 0.717) is 0 Å². The SMILES string of the molecule is OC[C@@H](O)[C@@H](O)[C@H](O)[C@H](Cl)CO. The Morgan fingerprint density at radius 2 is 1.42 bits per heavy atom. The Hall–Kier alpha value is 0.0900. The van der Waals surface area contributed by atoms with E-state index in [1.165, 1.54) is 0 Å². The fourth-order valence-corrected chi connectivity index (χ4v) is 0.807. The molecule has 0 spiro atoms. The molecule has 5 N–H and O–H groups in total. The van der Waals surface area contributed by atoms with Crippen LogP contribution >= 0.6 is 11.6 Å². The molecule has 5 nitrogen and oxygen atoms in total. The second-order valence-electron chi connectivity index (χ2n) is 2.43.